The average molecular weight is 315 g/mol. The molecule has 5 heteroatoms. The highest BCUT2D eigenvalue weighted by Crippen LogP contribution is 2.40. The van der Waals surface area contributed by atoms with Gasteiger partial charge in [-0.15, -0.1) is 0 Å². The number of carbonyl (C=O) groups excluding carboxylic acids is 1. The Kier molecular flexibility index (Phi) is 3.92. The third-order valence-corrected chi connectivity index (χ3v) is 3.84. The molecule has 0 bridgehead atoms. The minimum Gasteiger partial charge on any atom is -0.495 e. The van der Waals surface area contributed by atoms with Crippen LogP contribution in [0.15, 0.2) is 16.6 Å². The summed E-state index contributed by atoms with van der Waals surface area (Å²) in [6, 6.07) is 3.30. The van der Waals surface area contributed by atoms with E-state index in [2.05, 4.69) is 15.9 Å². The van der Waals surface area contributed by atoms with E-state index >= 15 is 0 Å². The molecule has 1 aliphatic carbocycles. The van der Waals surface area contributed by atoms with E-state index in [4.69, 9.17) is 9.47 Å². The molecule has 1 fully saturated rings. The summed E-state index contributed by atoms with van der Waals surface area (Å²) < 4.78 is 11.0. The molecule has 1 saturated carbocycles. The van der Waals surface area contributed by atoms with Gasteiger partial charge in [-0.25, -0.2) is 0 Å². The normalized spacial score (nSPS) is 16.2. The van der Waals surface area contributed by atoms with Crippen LogP contribution in [0.4, 0.5) is 0 Å². The summed E-state index contributed by atoms with van der Waals surface area (Å²) in [4.78, 5) is 12.2. The number of methoxy groups -OCH3 is 2. The molecule has 1 unspecified atom stereocenters. The molecule has 0 amide bonds. The maximum Gasteiger partial charge on any atom is 0.195 e. The lowest BCUT2D eigenvalue weighted by molar-refractivity contribution is 0.0700. The number of Topliss-reactive ketones (excluding diaryl/α,β-unsaturated/α-hetero) is 1. The largest absolute Gasteiger partial charge is 0.495 e. The molecular weight excluding hydrogens is 300 g/mol. The zero-order valence-electron chi connectivity index (χ0n) is 10.3. The first-order valence-electron chi connectivity index (χ1n) is 5.73. The molecule has 18 heavy (non-hydrogen) atoms. The highest BCUT2D eigenvalue weighted by atomic mass is 79.9. The Labute approximate surface area is 114 Å². The van der Waals surface area contributed by atoms with Gasteiger partial charge in [-0.05, 0) is 46.8 Å². The minimum absolute atomic E-state index is 0.100. The van der Waals surface area contributed by atoms with Crippen LogP contribution in [0, 0.1) is 5.92 Å². The predicted octanol–water partition coefficient (Wildman–Crippen LogP) is 2.42. The van der Waals surface area contributed by atoms with Crippen molar-refractivity contribution in [3.05, 3.63) is 22.2 Å². The fourth-order valence-electron chi connectivity index (χ4n) is 1.87. The Morgan fingerprint density at radius 1 is 1.39 bits per heavy atom. The smallest absolute Gasteiger partial charge is 0.195 e. The van der Waals surface area contributed by atoms with E-state index in [0.717, 1.165) is 12.8 Å². The van der Waals surface area contributed by atoms with Crippen molar-refractivity contribution in [3.8, 4) is 11.5 Å². The first-order chi connectivity index (χ1) is 8.60. The number of ketones is 1. The molecule has 0 saturated heterocycles. The monoisotopic (exact) mass is 314 g/mol. The number of aliphatic hydroxyl groups excluding tert-OH is 1. The van der Waals surface area contributed by atoms with Crippen molar-refractivity contribution in [2.45, 2.75) is 18.9 Å². The van der Waals surface area contributed by atoms with Crippen LogP contribution in [0.2, 0.25) is 0 Å². The zero-order chi connectivity index (χ0) is 13.3. The second kappa shape index (κ2) is 5.28. The number of rotatable bonds is 5. The van der Waals surface area contributed by atoms with Crippen LogP contribution in [0.3, 0.4) is 0 Å². The topological polar surface area (TPSA) is 55.8 Å². The van der Waals surface area contributed by atoms with Gasteiger partial charge in [0.05, 0.1) is 19.8 Å². The molecule has 0 aliphatic heterocycles. The fraction of sp³-hybridized carbons (Fsp3) is 0.462. The van der Waals surface area contributed by atoms with E-state index in [-0.39, 0.29) is 11.7 Å². The zero-order valence-corrected chi connectivity index (χ0v) is 11.9. The Morgan fingerprint density at radius 2 is 2.06 bits per heavy atom. The molecule has 1 aromatic carbocycles. The molecule has 1 atom stereocenters. The molecule has 1 N–H and O–H groups in total. The first-order valence-corrected chi connectivity index (χ1v) is 6.52. The van der Waals surface area contributed by atoms with Crippen molar-refractivity contribution in [1.29, 1.82) is 0 Å². The fourth-order valence-corrected chi connectivity index (χ4v) is 2.54. The summed E-state index contributed by atoms with van der Waals surface area (Å²) in [5.41, 5.74) is 0.379. The maximum atomic E-state index is 12.2. The van der Waals surface area contributed by atoms with Crippen LogP contribution in [0.1, 0.15) is 23.2 Å². The number of carbonyl (C=O) groups is 1. The van der Waals surface area contributed by atoms with Gasteiger partial charge in [0.15, 0.2) is 5.78 Å². The van der Waals surface area contributed by atoms with Crippen molar-refractivity contribution in [1.82, 2.24) is 0 Å². The highest BCUT2D eigenvalue weighted by molar-refractivity contribution is 9.10. The molecule has 2 rings (SSSR count). The van der Waals surface area contributed by atoms with E-state index < -0.39 is 6.10 Å². The summed E-state index contributed by atoms with van der Waals surface area (Å²) in [5, 5.41) is 9.90. The van der Waals surface area contributed by atoms with Crippen LogP contribution in [0.5, 0.6) is 11.5 Å². The molecule has 98 valence electrons. The number of benzene rings is 1. The average Bonchev–Trinajstić information content (AvgIpc) is 3.20. The third-order valence-electron chi connectivity index (χ3n) is 3.09. The van der Waals surface area contributed by atoms with E-state index in [1.54, 1.807) is 19.2 Å². The van der Waals surface area contributed by atoms with Gasteiger partial charge in [0.25, 0.3) is 0 Å². The molecule has 1 aliphatic rings. The van der Waals surface area contributed by atoms with Crippen molar-refractivity contribution < 1.29 is 19.4 Å². The van der Waals surface area contributed by atoms with Crippen LogP contribution < -0.4 is 9.47 Å². The van der Waals surface area contributed by atoms with E-state index in [1.807, 2.05) is 0 Å². The lowest BCUT2D eigenvalue weighted by atomic mass is 10.0. The van der Waals surface area contributed by atoms with E-state index in [9.17, 15) is 9.90 Å². The Hall–Kier alpha value is -1.07. The van der Waals surface area contributed by atoms with Crippen molar-refractivity contribution >= 4 is 21.7 Å². The number of aliphatic hydroxyl groups is 1. The maximum absolute atomic E-state index is 12.2. The molecule has 0 aromatic heterocycles. The van der Waals surface area contributed by atoms with Crippen LogP contribution >= 0.6 is 15.9 Å². The van der Waals surface area contributed by atoms with E-state index in [0.29, 0.717) is 21.5 Å². The summed E-state index contributed by atoms with van der Waals surface area (Å²) >= 11 is 3.34. The number of hydrogen-bond acceptors (Lipinski definition) is 4. The second-order valence-electron chi connectivity index (χ2n) is 4.31. The van der Waals surface area contributed by atoms with E-state index in [1.165, 1.54) is 7.11 Å². The van der Waals surface area contributed by atoms with Crippen molar-refractivity contribution in [2.75, 3.05) is 14.2 Å². The van der Waals surface area contributed by atoms with Gasteiger partial charge >= 0.3 is 0 Å². The molecule has 0 heterocycles. The predicted molar refractivity (Wildman–Crippen MR) is 70.3 cm³/mol. The van der Waals surface area contributed by atoms with Gasteiger partial charge in [-0.3, -0.25) is 4.79 Å². The molecule has 0 radical (unpaired) electrons. The summed E-state index contributed by atoms with van der Waals surface area (Å²) in [6.45, 7) is 0. The van der Waals surface area contributed by atoms with Crippen LogP contribution in [0.25, 0.3) is 0 Å². The van der Waals surface area contributed by atoms with Gasteiger partial charge < -0.3 is 14.6 Å². The molecule has 1 aromatic rings. The number of hydrogen-bond donors (Lipinski definition) is 1. The van der Waals surface area contributed by atoms with Gasteiger partial charge in [0.2, 0.25) is 0 Å². The quantitative estimate of drug-likeness (QED) is 0.848. The lowest BCUT2D eigenvalue weighted by Crippen LogP contribution is -2.23. The SMILES string of the molecule is COc1ccc(C(=O)C(O)C2CC2)c(OC)c1Br. The van der Waals surface area contributed by atoms with Crippen molar-refractivity contribution in [3.63, 3.8) is 0 Å². The molecule has 4 nitrogen and oxygen atoms in total. The standard InChI is InChI=1S/C13H15BrO4/c1-17-9-6-5-8(13(18-2)10(9)14)12(16)11(15)7-3-4-7/h5-7,11,15H,3-4H2,1-2H3. The molecular formula is C13H15BrO4. The summed E-state index contributed by atoms with van der Waals surface area (Å²) in [6.07, 6.45) is 0.887. The lowest BCUT2D eigenvalue weighted by Gasteiger charge is -2.15. The Morgan fingerprint density at radius 3 is 2.56 bits per heavy atom. The first kappa shape index (κ1) is 13.4. The van der Waals surface area contributed by atoms with Gasteiger partial charge in [0.1, 0.15) is 22.1 Å². The Balaban J connectivity index is 2.37. The van der Waals surface area contributed by atoms with Crippen LogP contribution in [-0.4, -0.2) is 31.2 Å². The third kappa shape index (κ3) is 2.37. The minimum atomic E-state index is -0.931. The van der Waals surface area contributed by atoms with Gasteiger partial charge in [-0.2, -0.15) is 0 Å². The summed E-state index contributed by atoms with van der Waals surface area (Å²) in [7, 11) is 3.03. The highest BCUT2D eigenvalue weighted by Gasteiger charge is 2.36. The second-order valence-corrected chi connectivity index (χ2v) is 5.10. The van der Waals surface area contributed by atoms with Crippen LogP contribution in [-0.2, 0) is 0 Å². The Bertz CT molecular complexity index is 468. The van der Waals surface area contributed by atoms with Gasteiger partial charge in [0, 0.05) is 0 Å². The number of halogens is 1. The van der Waals surface area contributed by atoms with Gasteiger partial charge in [-0.1, -0.05) is 0 Å². The summed E-state index contributed by atoms with van der Waals surface area (Å²) in [5.74, 6) is 0.796. The van der Waals surface area contributed by atoms with Crippen molar-refractivity contribution in [2.24, 2.45) is 5.92 Å². The number of ether oxygens (including phenoxy) is 2. The molecule has 0 spiro atoms.